The van der Waals surface area contributed by atoms with E-state index in [4.69, 9.17) is 4.42 Å². The molecule has 2 fully saturated rings. The van der Waals surface area contributed by atoms with Gasteiger partial charge in [-0.05, 0) is 38.3 Å². The number of hydrogen-bond donors (Lipinski definition) is 0. The van der Waals surface area contributed by atoms with Crippen molar-refractivity contribution >= 4 is 10.0 Å². The summed E-state index contributed by atoms with van der Waals surface area (Å²) >= 11 is 0. The van der Waals surface area contributed by atoms with Crippen molar-refractivity contribution in [3.63, 3.8) is 0 Å². The predicted molar refractivity (Wildman–Crippen MR) is 76.7 cm³/mol. The van der Waals surface area contributed by atoms with Crippen LogP contribution in [0.15, 0.2) is 23.0 Å². The SMILES string of the molecule is CS(=O)(=O)N1CCCC12CCCN(Cc1ccoc1)C2. The van der Waals surface area contributed by atoms with Crippen molar-refractivity contribution in [2.24, 2.45) is 0 Å². The first-order chi connectivity index (χ1) is 9.50. The van der Waals surface area contributed by atoms with E-state index in [1.807, 2.05) is 6.07 Å². The van der Waals surface area contributed by atoms with Gasteiger partial charge in [0.2, 0.25) is 10.0 Å². The molecule has 0 bridgehead atoms. The summed E-state index contributed by atoms with van der Waals surface area (Å²) in [5, 5.41) is 0. The highest BCUT2D eigenvalue weighted by Crippen LogP contribution is 2.39. The maximum absolute atomic E-state index is 12.0. The van der Waals surface area contributed by atoms with Gasteiger partial charge in [-0.2, -0.15) is 4.31 Å². The molecule has 1 spiro atoms. The molecule has 1 aromatic rings. The molecular weight excluding hydrogens is 276 g/mol. The van der Waals surface area contributed by atoms with Gasteiger partial charge in [-0.25, -0.2) is 8.42 Å². The van der Waals surface area contributed by atoms with Crippen molar-refractivity contribution < 1.29 is 12.8 Å². The standard InChI is InChI=1S/C14H22N2O3S/c1-20(17,18)16-8-3-6-14(16)5-2-7-15(12-14)10-13-4-9-19-11-13/h4,9,11H,2-3,5-8,10,12H2,1H3. The van der Waals surface area contributed by atoms with E-state index in [-0.39, 0.29) is 5.54 Å². The first-order valence-electron chi connectivity index (χ1n) is 7.21. The molecule has 20 heavy (non-hydrogen) atoms. The molecule has 1 atom stereocenters. The number of hydrogen-bond acceptors (Lipinski definition) is 4. The summed E-state index contributed by atoms with van der Waals surface area (Å²) < 4.78 is 30.9. The molecule has 5 nitrogen and oxygen atoms in total. The van der Waals surface area contributed by atoms with E-state index in [2.05, 4.69) is 4.90 Å². The zero-order valence-electron chi connectivity index (χ0n) is 11.9. The zero-order chi connectivity index (χ0) is 14.2. The molecule has 0 aromatic carbocycles. The third-order valence-electron chi connectivity index (χ3n) is 4.55. The molecule has 0 saturated carbocycles. The summed E-state index contributed by atoms with van der Waals surface area (Å²) in [5.41, 5.74) is 0.987. The largest absolute Gasteiger partial charge is 0.472 e. The maximum Gasteiger partial charge on any atom is 0.211 e. The Morgan fingerprint density at radius 3 is 2.70 bits per heavy atom. The molecule has 1 aromatic heterocycles. The molecule has 0 amide bonds. The average Bonchev–Trinajstić information content (AvgIpc) is 2.99. The summed E-state index contributed by atoms with van der Waals surface area (Å²) in [4.78, 5) is 2.36. The van der Waals surface area contributed by atoms with E-state index in [9.17, 15) is 8.42 Å². The zero-order valence-corrected chi connectivity index (χ0v) is 12.7. The molecule has 6 heteroatoms. The van der Waals surface area contributed by atoms with Gasteiger partial charge >= 0.3 is 0 Å². The number of likely N-dealkylation sites (tertiary alicyclic amines) is 1. The summed E-state index contributed by atoms with van der Waals surface area (Å²) in [5.74, 6) is 0. The van der Waals surface area contributed by atoms with Crippen molar-refractivity contribution in [1.29, 1.82) is 0 Å². The second-order valence-corrected chi connectivity index (χ2v) is 8.02. The molecule has 112 valence electrons. The van der Waals surface area contributed by atoms with Crippen LogP contribution in [0.1, 0.15) is 31.2 Å². The number of furan rings is 1. The summed E-state index contributed by atoms with van der Waals surface area (Å²) in [6.45, 7) is 3.39. The number of piperidine rings is 1. The monoisotopic (exact) mass is 298 g/mol. The van der Waals surface area contributed by atoms with Crippen LogP contribution < -0.4 is 0 Å². The van der Waals surface area contributed by atoms with Crippen molar-refractivity contribution in [2.75, 3.05) is 25.9 Å². The topological polar surface area (TPSA) is 53.8 Å². The van der Waals surface area contributed by atoms with E-state index in [1.165, 1.54) is 6.26 Å². The van der Waals surface area contributed by atoms with Gasteiger partial charge in [0.25, 0.3) is 0 Å². The molecule has 2 aliphatic rings. The lowest BCUT2D eigenvalue weighted by Crippen LogP contribution is -2.56. The Balaban J connectivity index is 1.77. The van der Waals surface area contributed by atoms with Gasteiger partial charge < -0.3 is 4.42 Å². The Morgan fingerprint density at radius 2 is 2.05 bits per heavy atom. The lowest BCUT2D eigenvalue weighted by molar-refractivity contribution is 0.0840. The lowest BCUT2D eigenvalue weighted by atomic mass is 9.87. The predicted octanol–water partition coefficient (Wildman–Crippen LogP) is 1.67. The molecule has 2 aliphatic heterocycles. The minimum atomic E-state index is -3.11. The van der Waals surface area contributed by atoms with E-state index in [0.717, 1.165) is 50.9 Å². The number of sulfonamides is 1. The molecule has 3 heterocycles. The van der Waals surface area contributed by atoms with Gasteiger partial charge in [-0.3, -0.25) is 4.90 Å². The summed E-state index contributed by atoms with van der Waals surface area (Å²) in [6, 6.07) is 1.98. The van der Waals surface area contributed by atoms with Crippen LogP contribution in [-0.4, -0.2) is 49.1 Å². The number of rotatable bonds is 3. The lowest BCUT2D eigenvalue weighted by Gasteiger charge is -2.44. The fraction of sp³-hybridized carbons (Fsp3) is 0.714. The van der Waals surface area contributed by atoms with Crippen LogP contribution in [0.25, 0.3) is 0 Å². The van der Waals surface area contributed by atoms with Crippen LogP contribution in [-0.2, 0) is 16.6 Å². The quantitative estimate of drug-likeness (QED) is 0.852. The first-order valence-corrected chi connectivity index (χ1v) is 9.06. The highest BCUT2D eigenvalue weighted by Gasteiger charge is 2.47. The van der Waals surface area contributed by atoms with Crippen molar-refractivity contribution in [3.05, 3.63) is 24.2 Å². The summed E-state index contributed by atoms with van der Waals surface area (Å²) in [6.07, 6.45) is 8.81. The van der Waals surface area contributed by atoms with Crippen molar-refractivity contribution in [3.8, 4) is 0 Å². The van der Waals surface area contributed by atoms with Crippen LogP contribution in [0.5, 0.6) is 0 Å². The molecule has 0 radical (unpaired) electrons. The molecule has 0 N–H and O–H groups in total. The van der Waals surface area contributed by atoms with Crippen molar-refractivity contribution in [2.45, 2.75) is 37.8 Å². The summed E-state index contributed by atoms with van der Waals surface area (Å²) in [7, 11) is -3.11. The van der Waals surface area contributed by atoms with Gasteiger partial charge in [0, 0.05) is 30.7 Å². The fourth-order valence-corrected chi connectivity index (χ4v) is 5.23. The van der Waals surface area contributed by atoms with E-state index < -0.39 is 10.0 Å². The molecule has 0 aliphatic carbocycles. The molecule has 1 unspecified atom stereocenters. The Kier molecular flexibility index (Phi) is 3.64. The smallest absolute Gasteiger partial charge is 0.211 e. The van der Waals surface area contributed by atoms with E-state index in [1.54, 1.807) is 16.8 Å². The van der Waals surface area contributed by atoms with Crippen molar-refractivity contribution in [1.82, 2.24) is 9.21 Å². The highest BCUT2D eigenvalue weighted by atomic mass is 32.2. The average molecular weight is 298 g/mol. The van der Waals surface area contributed by atoms with E-state index >= 15 is 0 Å². The normalized spacial score (nSPS) is 29.2. The third-order valence-corrected chi connectivity index (χ3v) is 5.92. The second kappa shape index (κ2) is 5.16. The van der Waals surface area contributed by atoms with E-state index in [0.29, 0.717) is 6.54 Å². The minimum Gasteiger partial charge on any atom is -0.472 e. The minimum absolute atomic E-state index is 0.171. The highest BCUT2D eigenvalue weighted by molar-refractivity contribution is 7.88. The van der Waals surface area contributed by atoms with Gasteiger partial charge in [-0.15, -0.1) is 0 Å². The third kappa shape index (κ3) is 2.64. The first kappa shape index (κ1) is 14.1. The Hall–Kier alpha value is -0.850. The van der Waals surface area contributed by atoms with Crippen LogP contribution in [0.4, 0.5) is 0 Å². The van der Waals surface area contributed by atoms with Crippen LogP contribution in [0.3, 0.4) is 0 Å². The van der Waals surface area contributed by atoms with Gasteiger partial charge in [0.1, 0.15) is 0 Å². The fourth-order valence-electron chi connectivity index (χ4n) is 3.82. The number of nitrogens with zero attached hydrogens (tertiary/aromatic N) is 2. The Morgan fingerprint density at radius 1 is 1.30 bits per heavy atom. The van der Waals surface area contributed by atoms with Crippen LogP contribution >= 0.6 is 0 Å². The van der Waals surface area contributed by atoms with Gasteiger partial charge in [0.05, 0.1) is 18.8 Å². The van der Waals surface area contributed by atoms with Gasteiger partial charge in [-0.1, -0.05) is 0 Å². The second-order valence-electron chi connectivity index (χ2n) is 6.11. The molecule has 2 saturated heterocycles. The molecule has 3 rings (SSSR count). The Labute approximate surface area is 120 Å². The van der Waals surface area contributed by atoms with Crippen LogP contribution in [0, 0.1) is 0 Å². The van der Waals surface area contributed by atoms with Crippen LogP contribution in [0.2, 0.25) is 0 Å². The Bertz CT molecular complexity index is 555. The molecular formula is C14H22N2O3S. The maximum atomic E-state index is 12.0. The van der Waals surface area contributed by atoms with Gasteiger partial charge in [0.15, 0.2) is 0 Å².